The van der Waals surface area contributed by atoms with E-state index in [9.17, 15) is 9.90 Å². The molecule has 0 bridgehead atoms. The molecule has 0 heterocycles. The van der Waals surface area contributed by atoms with E-state index in [2.05, 4.69) is 32.0 Å². The number of nitrogens with two attached hydrogens (primary N) is 1. The van der Waals surface area contributed by atoms with Gasteiger partial charge in [-0.15, -0.1) is 6.58 Å². The number of nitrogens with one attached hydrogen (secondary N) is 2. The Balaban J connectivity index is 1.92. The molecule has 6 heteroatoms. The van der Waals surface area contributed by atoms with Crippen LogP contribution in [0, 0.1) is 34.0 Å². The average molecular weight is 525 g/mol. The predicted molar refractivity (Wildman–Crippen MR) is 158 cm³/mol. The second-order valence-corrected chi connectivity index (χ2v) is 12.5. The Hall–Kier alpha value is -2.21. The SMILES string of the molecule is C=CC(CC(=C)C1(C)CC1=C)(C(CCC=N)N=C(C)N)C(O)C(CC)NC(=O)C1CCCC2CCCCC21. The maximum Gasteiger partial charge on any atom is 0.223 e. The second kappa shape index (κ2) is 12.8. The highest BCUT2D eigenvalue weighted by Crippen LogP contribution is 2.59. The highest BCUT2D eigenvalue weighted by molar-refractivity contribution is 5.79. The summed E-state index contributed by atoms with van der Waals surface area (Å²) in [5.41, 5.74) is 7.16. The van der Waals surface area contributed by atoms with Gasteiger partial charge in [0.2, 0.25) is 5.91 Å². The topological polar surface area (TPSA) is 112 Å². The van der Waals surface area contributed by atoms with Crippen LogP contribution in [0.2, 0.25) is 0 Å². The lowest BCUT2D eigenvalue weighted by atomic mass is 9.64. The van der Waals surface area contributed by atoms with Crippen LogP contribution in [0.4, 0.5) is 0 Å². The highest BCUT2D eigenvalue weighted by Gasteiger charge is 2.52. The average Bonchev–Trinajstić information content (AvgIpc) is 3.54. The molecule has 3 saturated carbocycles. The first-order valence-corrected chi connectivity index (χ1v) is 14.8. The fourth-order valence-corrected chi connectivity index (χ4v) is 7.34. The number of hydrogen-bond acceptors (Lipinski definition) is 4. The molecule has 212 valence electrons. The number of allylic oxidation sites excluding steroid dienone is 2. The molecule has 0 saturated heterocycles. The third-order valence-electron chi connectivity index (χ3n) is 10.1. The van der Waals surface area contributed by atoms with Crippen LogP contribution in [-0.4, -0.2) is 41.3 Å². The molecule has 0 aromatic carbocycles. The van der Waals surface area contributed by atoms with E-state index in [1.54, 1.807) is 6.92 Å². The fraction of sp³-hybridized carbons (Fsp3) is 0.719. The van der Waals surface area contributed by atoms with Gasteiger partial charge in [-0.3, -0.25) is 9.79 Å². The quantitative estimate of drug-likeness (QED) is 0.125. The van der Waals surface area contributed by atoms with Crippen molar-refractivity contribution in [3.63, 3.8) is 0 Å². The summed E-state index contributed by atoms with van der Waals surface area (Å²) in [5, 5.41) is 23.1. The van der Waals surface area contributed by atoms with Crippen molar-refractivity contribution in [1.82, 2.24) is 5.32 Å². The molecule has 1 amide bonds. The molecule has 0 aromatic heterocycles. The Bertz CT molecular complexity index is 936. The molecule has 3 aliphatic rings. The van der Waals surface area contributed by atoms with Crippen LogP contribution in [0.1, 0.15) is 97.8 Å². The third kappa shape index (κ3) is 6.32. The van der Waals surface area contributed by atoms with Gasteiger partial charge >= 0.3 is 0 Å². The normalized spacial score (nSPS) is 31.2. The first-order chi connectivity index (χ1) is 18.0. The molecule has 8 unspecified atom stereocenters. The Morgan fingerprint density at radius 2 is 1.97 bits per heavy atom. The number of rotatable bonds is 14. The number of fused-ring (bicyclic) bond motifs is 1. The number of hydrogen-bond donors (Lipinski definition) is 4. The van der Waals surface area contributed by atoms with Crippen LogP contribution in [0.3, 0.4) is 0 Å². The van der Waals surface area contributed by atoms with Crippen LogP contribution < -0.4 is 11.1 Å². The minimum atomic E-state index is -0.939. The van der Waals surface area contributed by atoms with Crippen LogP contribution in [-0.2, 0) is 4.79 Å². The number of aliphatic hydroxyl groups excluding tert-OH is 1. The Morgan fingerprint density at radius 3 is 2.55 bits per heavy atom. The number of carbonyl (C=O) groups excluding carboxylic acids is 1. The number of carbonyl (C=O) groups is 1. The molecule has 3 rings (SSSR count). The van der Waals surface area contributed by atoms with Gasteiger partial charge in [0.25, 0.3) is 0 Å². The molecule has 0 spiro atoms. The van der Waals surface area contributed by atoms with Crippen molar-refractivity contribution in [2.24, 2.45) is 39.3 Å². The van der Waals surface area contributed by atoms with Crippen molar-refractivity contribution >= 4 is 18.0 Å². The zero-order valence-corrected chi connectivity index (χ0v) is 24.1. The van der Waals surface area contributed by atoms with E-state index in [1.807, 2.05) is 13.0 Å². The molecular weight excluding hydrogens is 472 g/mol. The van der Waals surface area contributed by atoms with E-state index in [0.29, 0.717) is 43.4 Å². The summed E-state index contributed by atoms with van der Waals surface area (Å²) in [6, 6.07) is -0.861. The van der Waals surface area contributed by atoms with Crippen LogP contribution in [0.25, 0.3) is 0 Å². The van der Waals surface area contributed by atoms with E-state index in [1.165, 1.54) is 31.9 Å². The highest BCUT2D eigenvalue weighted by atomic mass is 16.3. The van der Waals surface area contributed by atoms with E-state index in [4.69, 9.17) is 16.1 Å². The zero-order valence-electron chi connectivity index (χ0n) is 24.1. The number of aliphatic imine (C=N–C) groups is 1. The van der Waals surface area contributed by atoms with Gasteiger partial charge in [-0.2, -0.15) is 0 Å². The van der Waals surface area contributed by atoms with Crippen LogP contribution in [0.15, 0.2) is 42.0 Å². The van der Waals surface area contributed by atoms with Crippen molar-refractivity contribution in [1.29, 1.82) is 5.41 Å². The summed E-state index contributed by atoms with van der Waals surface area (Å²) in [7, 11) is 0. The van der Waals surface area contributed by atoms with Gasteiger partial charge < -0.3 is 21.6 Å². The van der Waals surface area contributed by atoms with Gasteiger partial charge in [0.1, 0.15) is 0 Å². The van der Waals surface area contributed by atoms with Crippen molar-refractivity contribution in [2.75, 3.05) is 0 Å². The van der Waals surface area contributed by atoms with E-state index in [-0.39, 0.29) is 17.2 Å². The van der Waals surface area contributed by atoms with Crippen LogP contribution in [0.5, 0.6) is 0 Å². The molecule has 5 N–H and O–H groups in total. The maximum atomic E-state index is 13.7. The molecule has 0 radical (unpaired) electrons. The van der Waals surface area contributed by atoms with E-state index in [0.717, 1.165) is 36.8 Å². The minimum absolute atomic E-state index is 0.0233. The smallest absolute Gasteiger partial charge is 0.223 e. The molecular formula is C32H52N4O2. The van der Waals surface area contributed by atoms with E-state index < -0.39 is 23.6 Å². The number of aliphatic hydroxyl groups is 1. The third-order valence-corrected chi connectivity index (χ3v) is 10.1. The predicted octanol–water partition coefficient (Wildman–Crippen LogP) is 6.11. The zero-order chi connectivity index (χ0) is 28.1. The van der Waals surface area contributed by atoms with Gasteiger partial charge in [0.05, 0.1) is 24.0 Å². The Morgan fingerprint density at radius 1 is 1.32 bits per heavy atom. The fourth-order valence-electron chi connectivity index (χ4n) is 7.34. The maximum absolute atomic E-state index is 13.7. The summed E-state index contributed by atoms with van der Waals surface area (Å²) in [4.78, 5) is 18.5. The van der Waals surface area contributed by atoms with E-state index >= 15 is 0 Å². The summed E-state index contributed by atoms with van der Waals surface area (Å²) >= 11 is 0. The lowest BCUT2D eigenvalue weighted by Gasteiger charge is -2.45. The molecule has 3 fully saturated rings. The first-order valence-electron chi connectivity index (χ1n) is 14.8. The molecule has 8 atom stereocenters. The number of nitrogens with zero attached hydrogens (tertiary/aromatic N) is 1. The summed E-state index contributed by atoms with van der Waals surface area (Å²) in [6.07, 6.45) is 13.4. The van der Waals surface area contributed by atoms with Crippen molar-refractivity contribution in [3.05, 3.63) is 37.0 Å². The summed E-state index contributed by atoms with van der Waals surface area (Å²) < 4.78 is 0. The standard InChI is InChI=1S/C32H52N4O2/c1-7-27(36-30(38)26-16-11-14-24-13-9-10-15-25(24)26)29(37)32(8-2,20-22(4)31(6)19-21(31)3)28(17-12-18-33)35-23(5)34/h8,18,24-29,33,37H,2-4,7,9-17,19-20H2,1,5-6H3,(H2,34,35)(H,36,38). The van der Waals surface area contributed by atoms with Crippen molar-refractivity contribution < 1.29 is 9.90 Å². The molecule has 3 aliphatic carbocycles. The Kier molecular flexibility index (Phi) is 10.2. The van der Waals surface area contributed by atoms with Gasteiger partial charge in [-0.05, 0) is 69.9 Å². The van der Waals surface area contributed by atoms with Gasteiger partial charge in [-0.1, -0.05) is 76.3 Å². The second-order valence-electron chi connectivity index (χ2n) is 12.5. The van der Waals surface area contributed by atoms with Crippen molar-refractivity contribution in [2.45, 2.75) is 116 Å². The summed E-state index contributed by atoms with van der Waals surface area (Å²) in [5.74, 6) is 1.65. The molecule has 0 aromatic rings. The molecule has 38 heavy (non-hydrogen) atoms. The monoisotopic (exact) mass is 524 g/mol. The summed E-state index contributed by atoms with van der Waals surface area (Å²) in [6.45, 7) is 18.7. The van der Waals surface area contributed by atoms with Crippen molar-refractivity contribution in [3.8, 4) is 0 Å². The molecule has 6 nitrogen and oxygen atoms in total. The largest absolute Gasteiger partial charge is 0.390 e. The van der Waals surface area contributed by atoms with Crippen LogP contribution >= 0.6 is 0 Å². The molecule has 0 aliphatic heterocycles. The Labute approximate surface area is 230 Å². The number of amidine groups is 1. The van der Waals surface area contributed by atoms with Gasteiger partial charge in [0.15, 0.2) is 0 Å². The lowest BCUT2D eigenvalue weighted by molar-refractivity contribution is -0.132. The lowest BCUT2D eigenvalue weighted by Crippen LogP contribution is -2.56. The first kappa shape index (κ1) is 30.3. The van der Waals surface area contributed by atoms with Gasteiger partial charge in [-0.25, -0.2) is 0 Å². The van der Waals surface area contributed by atoms with Gasteiger partial charge in [0, 0.05) is 16.7 Å². The number of amides is 1. The minimum Gasteiger partial charge on any atom is -0.390 e.